The summed E-state index contributed by atoms with van der Waals surface area (Å²) in [4.78, 5) is 19.0. The molecule has 5 rings (SSSR count). The third kappa shape index (κ3) is 3.43. The number of hydrogen-bond donors (Lipinski definition) is 0. The molecule has 0 aliphatic carbocycles. The maximum Gasteiger partial charge on any atom is 0.242 e. The van der Waals surface area contributed by atoms with Gasteiger partial charge in [-0.05, 0) is 23.6 Å². The summed E-state index contributed by atoms with van der Waals surface area (Å²) in [6.07, 6.45) is 2.51. The molecule has 7 nitrogen and oxygen atoms in total. The highest BCUT2D eigenvalue weighted by Gasteiger charge is 2.35. The maximum absolute atomic E-state index is 12.7. The van der Waals surface area contributed by atoms with Crippen LogP contribution in [0.15, 0.2) is 65.3 Å². The molecule has 1 fully saturated rings. The Kier molecular flexibility index (Phi) is 4.71. The van der Waals surface area contributed by atoms with Crippen LogP contribution in [-0.2, 0) is 17.8 Å². The van der Waals surface area contributed by atoms with E-state index in [0.29, 0.717) is 37.8 Å². The van der Waals surface area contributed by atoms with Gasteiger partial charge in [0.1, 0.15) is 12.3 Å². The first-order valence-corrected chi connectivity index (χ1v) is 9.97. The van der Waals surface area contributed by atoms with Gasteiger partial charge >= 0.3 is 0 Å². The van der Waals surface area contributed by atoms with Gasteiger partial charge in [0.25, 0.3) is 0 Å². The van der Waals surface area contributed by atoms with E-state index >= 15 is 0 Å². The molecule has 0 saturated carbocycles. The Balaban J connectivity index is 1.19. The van der Waals surface area contributed by atoms with Gasteiger partial charge in [0, 0.05) is 36.8 Å². The number of fused-ring (bicyclic) bond motifs is 1. The van der Waals surface area contributed by atoms with Crippen molar-refractivity contribution < 1.29 is 14.1 Å². The largest absolute Gasteiger partial charge is 0.496 e. The lowest BCUT2D eigenvalue weighted by Crippen LogP contribution is -2.49. The molecule has 1 aliphatic heterocycles. The number of likely N-dealkylation sites (tertiary alicyclic amines) is 1. The van der Waals surface area contributed by atoms with Gasteiger partial charge in [0.15, 0.2) is 5.82 Å². The van der Waals surface area contributed by atoms with Crippen molar-refractivity contribution in [3.05, 3.63) is 78.1 Å². The van der Waals surface area contributed by atoms with Crippen LogP contribution in [0.1, 0.15) is 23.2 Å². The number of rotatable bonds is 6. The summed E-state index contributed by atoms with van der Waals surface area (Å²) >= 11 is 0. The zero-order valence-corrected chi connectivity index (χ0v) is 16.7. The molecule has 152 valence electrons. The minimum Gasteiger partial charge on any atom is -0.496 e. The lowest BCUT2D eigenvalue weighted by atomic mass is 10.00. The SMILES string of the molecule is COc1ccccc1Cc1noc(C2CN(C(=O)Cn3ccc4ccccc43)C2)n1. The summed E-state index contributed by atoms with van der Waals surface area (Å²) in [5.74, 6) is 2.21. The Morgan fingerprint density at radius 3 is 2.80 bits per heavy atom. The molecule has 0 unspecified atom stereocenters. The van der Waals surface area contributed by atoms with Crippen molar-refractivity contribution >= 4 is 16.8 Å². The number of nitrogens with zero attached hydrogens (tertiary/aromatic N) is 4. The molecule has 2 aromatic carbocycles. The van der Waals surface area contributed by atoms with Crippen molar-refractivity contribution in [1.29, 1.82) is 0 Å². The number of methoxy groups -OCH3 is 1. The third-order valence-corrected chi connectivity index (χ3v) is 5.59. The highest BCUT2D eigenvalue weighted by atomic mass is 16.5. The van der Waals surface area contributed by atoms with E-state index in [1.807, 2.05) is 70.3 Å². The fraction of sp³-hybridized carbons (Fsp3) is 0.261. The minimum atomic E-state index is 0.0919. The summed E-state index contributed by atoms with van der Waals surface area (Å²) in [5, 5.41) is 5.24. The van der Waals surface area contributed by atoms with Crippen molar-refractivity contribution in [2.75, 3.05) is 20.2 Å². The number of aromatic nitrogens is 3. The smallest absolute Gasteiger partial charge is 0.242 e. The Morgan fingerprint density at radius 2 is 1.93 bits per heavy atom. The van der Waals surface area contributed by atoms with Crippen LogP contribution in [-0.4, -0.2) is 45.7 Å². The molecule has 0 N–H and O–H groups in total. The number of carbonyl (C=O) groups is 1. The zero-order chi connectivity index (χ0) is 20.5. The van der Waals surface area contributed by atoms with E-state index in [0.717, 1.165) is 22.2 Å². The van der Waals surface area contributed by atoms with Gasteiger partial charge in [-0.3, -0.25) is 4.79 Å². The fourth-order valence-electron chi connectivity index (χ4n) is 3.89. The predicted octanol–water partition coefficient (Wildman–Crippen LogP) is 3.25. The van der Waals surface area contributed by atoms with Crippen molar-refractivity contribution in [3.63, 3.8) is 0 Å². The second-order valence-corrected chi connectivity index (χ2v) is 7.54. The van der Waals surface area contributed by atoms with E-state index in [1.165, 1.54) is 0 Å². The first-order chi connectivity index (χ1) is 14.7. The standard InChI is InChI=1S/C23H22N4O3/c1-29-20-9-5-3-7-17(20)12-21-24-23(30-25-21)18-13-27(14-18)22(28)15-26-11-10-16-6-2-4-8-19(16)26/h2-11,18H,12-15H2,1H3. The zero-order valence-electron chi connectivity index (χ0n) is 16.7. The van der Waals surface area contributed by atoms with Crippen LogP contribution in [0.5, 0.6) is 5.75 Å². The first-order valence-electron chi connectivity index (χ1n) is 9.97. The summed E-state index contributed by atoms with van der Waals surface area (Å²) < 4.78 is 12.8. The molecule has 1 saturated heterocycles. The van der Waals surface area contributed by atoms with Crippen LogP contribution in [0.2, 0.25) is 0 Å². The van der Waals surface area contributed by atoms with E-state index < -0.39 is 0 Å². The van der Waals surface area contributed by atoms with Gasteiger partial charge < -0.3 is 18.7 Å². The normalized spacial score (nSPS) is 14.1. The van der Waals surface area contributed by atoms with Crippen molar-refractivity contribution in [3.8, 4) is 5.75 Å². The topological polar surface area (TPSA) is 73.4 Å². The highest BCUT2D eigenvalue weighted by Crippen LogP contribution is 2.27. The van der Waals surface area contributed by atoms with E-state index in [9.17, 15) is 4.79 Å². The van der Waals surface area contributed by atoms with Crippen LogP contribution in [0.3, 0.4) is 0 Å². The summed E-state index contributed by atoms with van der Waals surface area (Å²) in [6, 6.07) is 17.9. The summed E-state index contributed by atoms with van der Waals surface area (Å²) in [5.41, 5.74) is 2.08. The molecule has 1 amide bonds. The molecule has 30 heavy (non-hydrogen) atoms. The van der Waals surface area contributed by atoms with Gasteiger partial charge in [-0.15, -0.1) is 0 Å². The van der Waals surface area contributed by atoms with Gasteiger partial charge in [0.05, 0.1) is 13.0 Å². The molecule has 0 bridgehead atoms. The van der Waals surface area contributed by atoms with E-state index in [-0.39, 0.29) is 11.8 Å². The summed E-state index contributed by atoms with van der Waals surface area (Å²) in [6.45, 7) is 1.55. The van der Waals surface area contributed by atoms with Crippen LogP contribution in [0.4, 0.5) is 0 Å². The molecular formula is C23H22N4O3. The lowest BCUT2D eigenvalue weighted by Gasteiger charge is -2.37. The van der Waals surface area contributed by atoms with E-state index in [1.54, 1.807) is 7.11 Å². The van der Waals surface area contributed by atoms with Crippen LogP contribution in [0.25, 0.3) is 10.9 Å². The van der Waals surface area contributed by atoms with Gasteiger partial charge in [0.2, 0.25) is 11.8 Å². The van der Waals surface area contributed by atoms with Gasteiger partial charge in [-0.25, -0.2) is 0 Å². The average Bonchev–Trinajstić information content (AvgIpc) is 3.35. The monoisotopic (exact) mass is 402 g/mol. The van der Waals surface area contributed by atoms with Crippen molar-refractivity contribution in [1.82, 2.24) is 19.6 Å². The summed E-state index contributed by atoms with van der Waals surface area (Å²) in [7, 11) is 1.65. The average molecular weight is 402 g/mol. The molecule has 0 spiro atoms. The van der Waals surface area contributed by atoms with Crippen LogP contribution >= 0.6 is 0 Å². The van der Waals surface area contributed by atoms with Gasteiger partial charge in [-0.2, -0.15) is 4.98 Å². The predicted molar refractivity (Wildman–Crippen MR) is 111 cm³/mol. The third-order valence-electron chi connectivity index (χ3n) is 5.59. The quantitative estimate of drug-likeness (QED) is 0.495. The number of hydrogen-bond acceptors (Lipinski definition) is 5. The Hall–Kier alpha value is -3.61. The Bertz CT molecular complexity index is 1190. The van der Waals surface area contributed by atoms with E-state index in [4.69, 9.17) is 9.26 Å². The number of ether oxygens (including phenoxy) is 1. The second kappa shape index (κ2) is 7.67. The molecule has 0 radical (unpaired) electrons. The highest BCUT2D eigenvalue weighted by molar-refractivity contribution is 5.83. The maximum atomic E-state index is 12.7. The lowest BCUT2D eigenvalue weighted by molar-refractivity contribution is -0.136. The van der Waals surface area contributed by atoms with Gasteiger partial charge in [-0.1, -0.05) is 41.6 Å². The molecule has 3 heterocycles. The van der Waals surface area contributed by atoms with Crippen molar-refractivity contribution in [2.24, 2.45) is 0 Å². The number of carbonyl (C=O) groups excluding carboxylic acids is 1. The second-order valence-electron chi connectivity index (χ2n) is 7.54. The van der Waals surface area contributed by atoms with Crippen LogP contribution in [0, 0.1) is 0 Å². The Morgan fingerprint density at radius 1 is 1.13 bits per heavy atom. The molecule has 2 aromatic heterocycles. The molecule has 0 atom stereocenters. The number of para-hydroxylation sites is 2. The number of amides is 1. The number of benzene rings is 2. The van der Waals surface area contributed by atoms with E-state index in [2.05, 4.69) is 10.1 Å². The van der Waals surface area contributed by atoms with Crippen molar-refractivity contribution in [2.45, 2.75) is 18.9 Å². The van der Waals surface area contributed by atoms with Crippen LogP contribution < -0.4 is 4.74 Å². The molecular weight excluding hydrogens is 380 g/mol. The first kappa shape index (κ1) is 18.4. The molecule has 7 heteroatoms. The minimum absolute atomic E-state index is 0.0919. The fourth-order valence-corrected chi connectivity index (χ4v) is 3.89. The molecule has 1 aliphatic rings. The molecule has 4 aromatic rings. The Labute approximate surface area is 173 Å².